The molecule has 4 nitrogen and oxygen atoms in total. The molecule has 0 amide bonds. The largest absolute Gasteiger partial charge is 0.232 e. The summed E-state index contributed by atoms with van der Waals surface area (Å²) in [6, 6.07) is 0. The van der Waals surface area contributed by atoms with E-state index >= 15 is 0 Å². The molecule has 0 unspecified atom stereocenters. The van der Waals surface area contributed by atoms with Crippen molar-refractivity contribution in [2.24, 2.45) is 0 Å². The second kappa shape index (κ2) is 3.97. The van der Waals surface area contributed by atoms with Gasteiger partial charge in [-0.25, -0.2) is 19.9 Å². The summed E-state index contributed by atoms with van der Waals surface area (Å²) >= 11 is 0. The van der Waals surface area contributed by atoms with E-state index in [0.29, 0.717) is 11.3 Å². The molecule has 96 valence electrons. The fourth-order valence-electron chi connectivity index (χ4n) is 1.84. The van der Waals surface area contributed by atoms with Crippen molar-refractivity contribution in [1.82, 2.24) is 19.9 Å². The zero-order valence-corrected chi connectivity index (χ0v) is 11.9. The van der Waals surface area contributed by atoms with Crippen molar-refractivity contribution in [3.05, 3.63) is 23.8 Å². The molecule has 0 atom stereocenters. The van der Waals surface area contributed by atoms with E-state index in [2.05, 4.69) is 61.5 Å². The minimum atomic E-state index is -0.0542. The molecule has 0 fully saturated rings. The van der Waals surface area contributed by atoms with Gasteiger partial charge in [0.05, 0.1) is 11.4 Å². The third kappa shape index (κ3) is 2.33. The zero-order chi connectivity index (χ0) is 13.6. The lowest BCUT2D eigenvalue weighted by atomic mass is 9.81. The monoisotopic (exact) mass is 244 g/mol. The number of aromatic nitrogens is 4. The maximum Gasteiger partial charge on any atom is 0.198 e. The quantitative estimate of drug-likeness (QED) is 0.714. The van der Waals surface area contributed by atoms with Crippen LogP contribution in [-0.4, -0.2) is 19.9 Å². The second-order valence-corrected chi connectivity index (χ2v) is 6.62. The molecule has 0 aliphatic carbocycles. The van der Waals surface area contributed by atoms with Crippen molar-refractivity contribution >= 4 is 11.3 Å². The molecule has 2 heterocycles. The van der Waals surface area contributed by atoms with Crippen LogP contribution in [0.4, 0.5) is 0 Å². The Morgan fingerprint density at radius 1 is 0.667 bits per heavy atom. The average Bonchev–Trinajstić information content (AvgIpc) is 2.25. The summed E-state index contributed by atoms with van der Waals surface area (Å²) in [5.74, 6) is 0. The smallest absolute Gasteiger partial charge is 0.198 e. The van der Waals surface area contributed by atoms with Gasteiger partial charge >= 0.3 is 0 Å². The average molecular weight is 244 g/mol. The van der Waals surface area contributed by atoms with E-state index in [1.165, 1.54) is 0 Å². The van der Waals surface area contributed by atoms with Crippen LogP contribution in [-0.2, 0) is 10.8 Å². The van der Waals surface area contributed by atoms with Gasteiger partial charge in [-0.05, 0) is 0 Å². The fraction of sp³-hybridized carbons (Fsp3) is 0.571. The lowest BCUT2D eigenvalue weighted by Crippen LogP contribution is -2.25. The Morgan fingerprint density at radius 3 is 1.28 bits per heavy atom. The first-order valence-corrected chi connectivity index (χ1v) is 6.19. The molecule has 0 N–H and O–H groups in total. The van der Waals surface area contributed by atoms with Crippen molar-refractivity contribution in [2.75, 3.05) is 0 Å². The van der Waals surface area contributed by atoms with Gasteiger partial charge in [0.1, 0.15) is 0 Å². The summed E-state index contributed by atoms with van der Waals surface area (Å²) in [4.78, 5) is 17.8. The lowest BCUT2D eigenvalue weighted by Gasteiger charge is -2.27. The van der Waals surface area contributed by atoms with Crippen molar-refractivity contribution in [3.63, 3.8) is 0 Å². The molecule has 0 spiro atoms. The molecule has 0 radical (unpaired) electrons. The zero-order valence-electron chi connectivity index (χ0n) is 11.9. The maximum atomic E-state index is 4.68. The van der Waals surface area contributed by atoms with Crippen LogP contribution in [0.3, 0.4) is 0 Å². The number of fused-ring (bicyclic) bond motifs is 1. The highest BCUT2D eigenvalue weighted by atomic mass is 15.0. The minimum absolute atomic E-state index is 0.0542. The summed E-state index contributed by atoms with van der Waals surface area (Å²) in [7, 11) is 0. The number of hydrogen-bond donors (Lipinski definition) is 0. The van der Waals surface area contributed by atoms with E-state index in [-0.39, 0.29) is 10.8 Å². The molecular weight excluding hydrogens is 224 g/mol. The third-order valence-electron chi connectivity index (χ3n) is 2.74. The third-order valence-corrected chi connectivity index (χ3v) is 2.74. The molecular formula is C14H20N4. The van der Waals surface area contributed by atoms with Crippen LogP contribution in [0.2, 0.25) is 0 Å². The highest BCUT2D eigenvalue weighted by Gasteiger charge is 2.29. The van der Waals surface area contributed by atoms with E-state index in [0.717, 1.165) is 11.4 Å². The first-order chi connectivity index (χ1) is 8.19. The number of hydrogen-bond acceptors (Lipinski definition) is 4. The lowest BCUT2D eigenvalue weighted by molar-refractivity contribution is 0.501. The highest BCUT2D eigenvalue weighted by molar-refractivity contribution is 5.64. The Bertz CT molecular complexity index is 524. The van der Waals surface area contributed by atoms with Gasteiger partial charge in [0.25, 0.3) is 0 Å². The van der Waals surface area contributed by atoms with E-state index < -0.39 is 0 Å². The topological polar surface area (TPSA) is 51.6 Å². The Hall–Kier alpha value is -1.58. The van der Waals surface area contributed by atoms with Gasteiger partial charge in [0.15, 0.2) is 11.3 Å². The van der Waals surface area contributed by atoms with Crippen LogP contribution in [0.25, 0.3) is 11.3 Å². The molecule has 0 saturated carbocycles. The fourth-order valence-corrected chi connectivity index (χ4v) is 1.84. The molecule has 0 aliphatic heterocycles. The van der Waals surface area contributed by atoms with Gasteiger partial charge in [0.2, 0.25) is 0 Å². The molecule has 2 aromatic heterocycles. The molecule has 0 aliphatic rings. The van der Waals surface area contributed by atoms with E-state index in [9.17, 15) is 0 Å². The summed E-state index contributed by atoms with van der Waals surface area (Å²) in [5, 5.41) is 0. The predicted octanol–water partition coefficient (Wildman–Crippen LogP) is 3.01. The summed E-state index contributed by atoms with van der Waals surface area (Å²) in [5.41, 5.74) is 3.14. The van der Waals surface area contributed by atoms with Crippen molar-refractivity contribution in [2.45, 2.75) is 52.4 Å². The maximum absolute atomic E-state index is 4.68. The summed E-state index contributed by atoms with van der Waals surface area (Å²) in [6.07, 6.45) is 3.31. The normalized spacial score (nSPS) is 13.0. The first kappa shape index (κ1) is 12.9. The molecule has 18 heavy (non-hydrogen) atoms. The van der Waals surface area contributed by atoms with Gasteiger partial charge in [-0.2, -0.15) is 0 Å². The highest BCUT2D eigenvalue weighted by Crippen LogP contribution is 2.31. The van der Waals surface area contributed by atoms with Crippen molar-refractivity contribution in [3.8, 4) is 0 Å². The van der Waals surface area contributed by atoms with Crippen molar-refractivity contribution in [1.29, 1.82) is 0 Å². The van der Waals surface area contributed by atoms with Gasteiger partial charge in [-0.3, -0.25) is 0 Å². The van der Waals surface area contributed by atoms with Gasteiger partial charge in [0, 0.05) is 23.2 Å². The first-order valence-electron chi connectivity index (χ1n) is 6.19. The Morgan fingerprint density at radius 2 is 1.00 bits per heavy atom. The predicted molar refractivity (Wildman–Crippen MR) is 72.5 cm³/mol. The Kier molecular flexibility index (Phi) is 2.84. The van der Waals surface area contributed by atoms with Crippen LogP contribution in [0.5, 0.6) is 0 Å². The van der Waals surface area contributed by atoms with Gasteiger partial charge in [-0.1, -0.05) is 41.5 Å². The van der Waals surface area contributed by atoms with Crippen LogP contribution >= 0.6 is 0 Å². The molecule has 2 aromatic rings. The second-order valence-electron chi connectivity index (χ2n) is 6.62. The van der Waals surface area contributed by atoms with E-state index in [1.807, 2.05) is 0 Å². The Balaban J connectivity index is 2.81. The summed E-state index contributed by atoms with van der Waals surface area (Å²) < 4.78 is 0. The van der Waals surface area contributed by atoms with Crippen LogP contribution in [0, 0.1) is 0 Å². The van der Waals surface area contributed by atoms with Crippen LogP contribution < -0.4 is 0 Å². The van der Waals surface area contributed by atoms with Crippen LogP contribution in [0.1, 0.15) is 52.9 Å². The van der Waals surface area contributed by atoms with E-state index in [4.69, 9.17) is 0 Å². The molecule has 0 aromatic carbocycles. The molecule has 4 heteroatoms. The number of nitrogens with zero attached hydrogens (tertiary/aromatic N) is 4. The van der Waals surface area contributed by atoms with E-state index in [1.54, 1.807) is 12.4 Å². The molecule has 0 saturated heterocycles. The number of rotatable bonds is 0. The van der Waals surface area contributed by atoms with Crippen molar-refractivity contribution < 1.29 is 0 Å². The standard InChI is InChI=1S/C14H20N4/c1-13(2,3)9-10(14(4,5)6)18-12-11(17-9)15-7-8-16-12/h7-8H,1-6H3. The molecule has 2 rings (SSSR count). The SMILES string of the molecule is CC(C)(C)c1nc2nccnc2nc1C(C)(C)C. The van der Waals surface area contributed by atoms with Gasteiger partial charge < -0.3 is 0 Å². The van der Waals surface area contributed by atoms with Gasteiger partial charge in [-0.15, -0.1) is 0 Å². The minimum Gasteiger partial charge on any atom is -0.232 e. The molecule has 0 bridgehead atoms. The summed E-state index contributed by atoms with van der Waals surface area (Å²) in [6.45, 7) is 12.9. The van der Waals surface area contributed by atoms with Crippen LogP contribution in [0.15, 0.2) is 12.4 Å². The Labute approximate surface area is 108 Å².